The highest BCUT2D eigenvalue weighted by atomic mass is 16.5. The van der Waals surface area contributed by atoms with Crippen molar-refractivity contribution >= 4 is 11.8 Å². The maximum atomic E-state index is 12.6. The van der Waals surface area contributed by atoms with Crippen molar-refractivity contribution in [1.82, 2.24) is 10.6 Å². The number of hydrogen-bond acceptors (Lipinski definition) is 4. The van der Waals surface area contributed by atoms with Gasteiger partial charge in [-0.15, -0.1) is 0 Å². The molecule has 1 saturated heterocycles. The minimum Gasteiger partial charge on any atom is -0.494 e. The molecule has 160 valence electrons. The fourth-order valence-electron chi connectivity index (χ4n) is 3.47. The van der Waals surface area contributed by atoms with Crippen LogP contribution < -0.4 is 20.3 Å². The summed E-state index contributed by atoms with van der Waals surface area (Å²) in [6.45, 7) is 6.51. The molecule has 7 nitrogen and oxygen atoms in total. The quantitative estimate of drug-likeness (QED) is 0.563. The van der Waals surface area contributed by atoms with E-state index in [0.717, 1.165) is 38.4 Å². The standard InChI is InChI=1S/C23H29N3O4/c1-2-30-20-10-8-19(9-11-20)23(28)24-16-22(27)25-21(18-6-4-3-5-7-18)17-26-12-14-29-15-13-26/h3-11,21H,2,12-17H2,1H3,(H,24,28)(H,25,27)/p+1/t21-/m0/s1. The fourth-order valence-corrected chi connectivity index (χ4v) is 3.47. The lowest BCUT2D eigenvalue weighted by molar-refractivity contribution is -0.909. The van der Waals surface area contributed by atoms with Crippen LogP contribution in [-0.4, -0.2) is 57.8 Å². The third kappa shape index (κ3) is 6.57. The van der Waals surface area contributed by atoms with E-state index in [1.807, 2.05) is 37.3 Å². The number of nitrogens with one attached hydrogen (secondary N) is 3. The Bertz CT molecular complexity index is 805. The summed E-state index contributed by atoms with van der Waals surface area (Å²) in [6, 6.07) is 16.7. The Morgan fingerprint density at radius 1 is 1.07 bits per heavy atom. The first-order valence-corrected chi connectivity index (χ1v) is 10.4. The number of hydrogen-bond donors (Lipinski definition) is 3. The van der Waals surface area contributed by atoms with Crippen LogP contribution >= 0.6 is 0 Å². The van der Waals surface area contributed by atoms with Crippen LogP contribution in [0.1, 0.15) is 28.9 Å². The minimum atomic E-state index is -0.289. The number of quaternary nitrogens is 1. The molecule has 3 rings (SSSR count). The fraction of sp³-hybridized carbons (Fsp3) is 0.391. The van der Waals surface area contributed by atoms with Gasteiger partial charge < -0.3 is 25.0 Å². The van der Waals surface area contributed by atoms with Crippen LogP contribution in [0.4, 0.5) is 0 Å². The zero-order chi connectivity index (χ0) is 21.2. The summed E-state index contributed by atoms with van der Waals surface area (Å²) in [5.74, 6) is 0.210. The van der Waals surface area contributed by atoms with Crippen LogP contribution in [0.25, 0.3) is 0 Å². The molecule has 1 fully saturated rings. The lowest BCUT2D eigenvalue weighted by atomic mass is 10.1. The Morgan fingerprint density at radius 3 is 2.43 bits per heavy atom. The van der Waals surface area contributed by atoms with E-state index in [1.54, 1.807) is 24.3 Å². The average Bonchev–Trinajstić information content (AvgIpc) is 2.79. The number of carbonyl (C=O) groups is 2. The summed E-state index contributed by atoms with van der Waals surface area (Å²) in [7, 11) is 0. The van der Waals surface area contributed by atoms with E-state index in [1.165, 1.54) is 4.90 Å². The molecule has 2 amide bonds. The number of rotatable bonds is 9. The zero-order valence-corrected chi connectivity index (χ0v) is 17.4. The third-order valence-electron chi connectivity index (χ3n) is 5.07. The summed E-state index contributed by atoms with van der Waals surface area (Å²) in [5, 5.41) is 5.77. The van der Waals surface area contributed by atoms with Crippen molar-refractivity contribution in [3.05, 3.63) is 65.7 Å². The highest BCUT2D eigenvalue weighted by Crippen LogP contribution is 2.12. The van der Waals surface area contributed by atoms with E-state index < -0.39 is 0 Å². The summed E-state index contributed by atoms with van der Waals surface area (Å²) in [5.41, 5.74) is 1.55. The molecule has 0 aliphatic carbocycles. The van der Waals surface area contributed by atoms with Crippen molar-refractivity contribution in [2.75, 3.05) is 46.0 Å². The first-order valence-electron chi connectivity index (χ1n) is 10.4. The molecule has 3 N–H and O–H groups in total. The van der Waals surface area contributed by atoms with Gasteiger partial charge >= 0.3 is 0 Å². The Balaban J connectivity index is 1.55. The maximum Gasteiger partial charge on any atom is 0.251 e. The van der Waals surface area contributed by atoms with Gasteiger partial charge in [0.25, 0.3) is 5.91 Å². The Hall–Kier alpha value is -2.90. The van der Waals surface area contributed by atoms with Gasteiger partial charge in [-0.2, -0.15) is 0 Å². The number of ether oxygens (including phenoxy) is 2. The summed E-state index contributed by atoms with van der Waals surface area (Å²) >= 11 is 0. The van der Waals surface area contributed by atoms with E-state index in [0.29, 0.717) is 17.9 Å². The molecule has 2 aromatic carbocycles. The van der Waals surface area contributed by atoms with Gasteiger partial charge in [-0.05, 0) is 36.8 Å². The number of amides is 2. The van der Waals surface area contributed by atoms with Crippen LogP contribution in [0.3, 0.4) is 0 Å². The lowest BCUT2D eigenvalue weighted by Crippen LogP contribution is -3.14. The highest BCUT2D eigenvalue weighted by molar-refractivity contribution is 5.96. The number of morpholine rings is 1. The molecule has 1 aliphatic rings. The van der Waals surface area contributed by atoms with E-state index in [9.17, 15) is 9.59 Å². The van der Waals surface area contributed by atoms with E-state index in [4.69, 9.17) is 9.47 Å². The molecule has 0 radical (unpaired) electrons. The molecule has 0 unspecified atom stereocenters. The molecule has 7 heteroatoms. The second kappa shape index (κ2) is 11.3. The van der Waals surface area contributed by atoms with Gasteiger partial charge in [-0.3, -0.25) is 9.59 Å². The Labute approximate surface area is 177 Å². The summed E-state index contributed by atoms with van der Waals surface area (Å²) in [4.78, 5) is 26.3. The third-order valence-corrected chi connectivity index (χ3v) is 5.07. The van der Waals surface area contributed by atoms with Gasteiger partial charge in [-0.25, -0.2) is 0 Å². The van der Waals surface area contributed by atoms with Crippen molar-refractivity contribution in [2.45, 2.75) is 13.0 Å². The number of benzene rings is 2. The molecule has 0 spiro atoms. The van der Waals surface area contributed by atoms with Crippen molar-refractivity contribution in [3.63, 3.8) is 0 Å². The average molecular weight is 413 g/mol. The predicted octanol–water partition coefficient (Wildman–Crippen LogP) is 0.588. The van der Waals surface area contributed by atoms with Gasteiger partial charge in [0, 0.05) is 5.56 Å². The molecule has 1 heterocycles. The minimum absolute atomic E-state index is 0.0756. The van der Waals surface area contributed by atoms with E-state index in [-0.39, 0.29) is 24.4 Å². The van der Waals surface area contributed by atoms with Crippen LogP contribution in [0.15, 0.2) is 54.6 Å². The first-order chi connectivity index (χ1) is 14.7. The van der Waals surface area contributed by atoms with E-state index >= 15 is 0 Å². The largest absolute Gasteiger partial charge is 0.494 e. The maximum absolute atomic E-state index is 12.6. The van der Waals surface area contributed by atoms with Crippen LogP contribution in [0, 0.1) is 0 Å². The SMILES string of the molecule is CCOc1ccc(C(=O)NCC(=O)N[C@@H](C[NH+]2CCOCC2)c2ccccc2)cc1. The molecule has 2 aromatic rings. The monoisotopic (exact) mass is 412 g/mol. The summed E-state index contributed by atoms with van der Waals surface area (Å²) < 4.78 is 10.8. The van der Waals surface area contributed by atoms with Crippen molar-refractivity contribution < 1.29 is 24.0 Å². The topological polar surface area (TPSA) is 81.1 Å². The van der Waals surface area contributed by atoms with E-state index in [2.05, 4.69) is 10.6 Å². The molecule has 1 atom stereocenters. The van der Waals surface area contributed by atoms with Gasteiger partial charge in [0.15, 0.2) is 0 Å². The first kappa shape index (κ1) is 21.8. The number of carbonyl (C=O) groups excluding carboxylic acids is 2. The summed E-state index contributed by atoms with van der Waals surface area (Å²) in [6.07, 6.45) is 0. The van der Waals surface area contributed by atoms with Crippen molar-refractivity contribution in [1.29, 1.82) is 0 Å². The second-order valence-corrected chi connectivity index (χ2v) is 7.24. The Morgan fingerprint density at radius 2 is 1.77 bits per heavy atom. The van der Waals surface area contributed by atoms with Gasteiger partial charge in [0.05, 0.1) is 26.4 Å². The second-order valence-electron chi connectivity index (χ2n) is 7.24. The van der Waals surface area contributed by atoms with Crippen molar-refractivity contribution in [2.24, 2.45) is 0 Å². The lowest BCUT2D eigenvalue weighted by Gasteiger charge is -2.28. The molecule has 30 heavy (non-hydrogen) atoms. The smallest absolute Gasteiger partial charge is 0.251 e. The Kier molecular flexibility index (Phi) is 8.23. The van der Waals surface area contributed by atoms with Crippen molar-refractivity contribution in [3.8, 4) is 5.75 Å². The van der Waals surface area contributed by atoms with Crippen LogP contribution in [0.5, 0.6) is 5.75 Å². The normalized spacial score (nSPS) is 15.2. The molecular weight excluding hydrogens is 382 g/mol. The van der Waals surface area contributed by atoms with Crippen LogP contribution in [-0.2, 0) is 9.53 Å². The van der Waals surface area contributed by atoms with Gasteiger partial charge in [0.1, 0.15) is 31.4 Å². The molecule has 0 saturated carbocycles. The molecule has 1 aliphatic heterocycles. The molecule has 0 aromatic heterocycles. The molecule has 0 bridgehead atoms. The molecular formula is C23H30N3O4+. The van der Waals surface area contributed by atoms with Gasteiger partial charge in [-0.1, -0.05) is 30.3 Å². The van der Waals surface area contributed by atoms with Gasteiger partial charge in [0.2, 0.25) is 5.91 Å². The zero-order valence-electron chi connectivity index (χ0n) is 17.4. The highest BCUT2D eigenvalue weighted by Gasteiger charge is 2.23. The predicted molar refractivity (Wildman–Crippen MR) is 114 cm³/mol. The van der Waals surface area contributed by atoms with Crippen LogP contribution in [0.2, 0.25) is 0 Å².